The molecule has 0 spiro atoms. The van der Waals surface area contributed by atoms with Crippen molar-refractivity contribution in [2.24, 2.45) is 20.5 Å². The Labute approximate surface area is 358 Å². The summed E-state index contributed by atoms with van der Waals surface area (Å²) in [5.41, 5.74) is 7.32. The van der Waals surface area contributed by atoms with Gasteiger partial charge in [0.25, 0.3) is 5.91 Å². The number of carbonyl (C=O) groups excluding carboxylic acids is 2. The molecule has 0 radical (unpaired) electrons. The van der Waals surface area contributed by atoms with Gasteiger partial charge in [0.1, 0.15) is 18.0 Å². The lowest BCUT2D eigenvalue weighted by Gasteiger charge is -2.20. The molecule has 0 atom stereocenters. The van der Waals surface area contributed by atoms with Crippen molar-refractivity contribution >= 4 is 67.4 Å². The number of hydroxylamine groups is 1. The second-order valence-corrected chi connectivity index (χ2v) is 14.7. The molecular weight excluding hydrogens is 777 g/mol. The summed E-state index contributed by atoms with van der Waals surface area (Å²) in [6.07, 6.45) is 0. The number of fused-ring (bicyclic) bond motifs is 5. The third-order valence-corrected chi connectivity index (χ3v) is 11.0. The molecule has 11 heteroatoms. The first kappa shape index (κ1) is 39.4. The summed E-state index contributed by atoms with van der Waals surface area (Å²) in [5, 5.41) is 23.7. The van der Waals surface area contributed by atoms with Gasteiger partial charge in [0.05, 0.1) is 36.8 Å². The van der Waals surface area contributed by atoms with Crippen molar-refractivity contribution in [3.05, 3.63) is 180 Å². The number of para-hydroxylation sites is 2. The predicted molar refractivity (Wildman–Crippen MR) is 243 cm³/mol. The zero-order valence-electron chi connectivity index (χ0n) is 34.4. The van der Waals surface area contributed by atoms with E-state index in [4.69, 9.17) is 19.4 Å². The summed E-state index contributed by atoms with van der Waals surface area (Å²) in [6, 6.07) is 49.5. The van der Waals surface area contributed by atoms with Gasteiger partial charge in [-0.2, -0.15) is 10.2 Å². The first-order valence-corrected chi connectivity index (χ1v) is 19.9. The van der Waals surface area contributed by atoms with Crippen LogP contribution in [0.4, 0.5) is 34.1 Å². The number of benzene rings is 8. The fraction of sp³-hybridized carbons (Fsp3) is 0.0980. The number of ketones is 1. The summed E-state index contributed by atoms with van der Waals surface area (Å²) in [5.74, 6) is 0.429. The van der Waals surface area contributed by atoms with Crippen LogP contribution in [0.25, 0.3) is 32.7 Å². The number of anilines is 2. The van der Waals surface area contributed by atoms with Crippen LogP contribution in [0.1, 0.15) is 31.8 Å². The molecule has 0 heterocycles. The topological polar surface area (TPSA) is 118 Å². The van der Waals surface area contributed by atoms with Crippen molar-refractivity contribution in [1.82, 2.24) is 0 Å². The number of amides is 1. The highest BCUT2D eigenvalue weighted by Gasteiger charge is 2.28. The Hall–Kier alpha value is -8.02. The Morgan fingerprint density at radius 1 is 0.532 bits per heavy atom. The minimum atomic E-state index is -0.256. The summed E-state index contributed by atoms with van der Waals surface area (Å²) in [4.78, 5) is 35.6. The van der Waals surface area contributed by atoms with Gasteiger partial charge in [-0.15, -0.1) is 10.2 Å². The van der Waals surface area contributed by atoms with Crippen LogP contribution in [-0.2, 0) is 11.4 Å². The lowest BCUT2D eigenvalue weighted by atomic mass is 10.0. The Morgan fingerprint density at radius 3 is 1.60 bits per heavy atom. The van der Waals surface area contributed by atoms with Crippen molar-refractivity contribution in [3.63, 3.8) is 0 Å². The van der Waals surface area contributed by atoms with Crippen molar-refractivity contribution in [2.45, 2.75) is 6.61 Å². The Bertz CT molecular complexity index is 3080. The van der Waals surface area contributed by atoms with Crippen LogP contribution in [0, 0.1) is 0 Å². The summed E-state index contributed by atoms with van der Waals surface area (Å²) >= 11 is 0. The Balaban J connectivity index is 0.998. The molecule has 0 bridgehead atoms. The fourth-order valence-electron chi connectivity index (χ4n) is 7.80. The van der Waals surface area contributed by atoms with Crippen molar-refractivity contribution in [2.75, 3.05) is 38.3 Å². The second kappa shape index (κ2) is 16.9. The number of ether oxygens (including phenoxy) is 2. The van der Waals surface area contributed by atoms with E-state index >= 15 is 0 Å². The van der Waals surface area contributed by atoms with E-state index in [9.17, 15) is 9.59 Å². The maximum absolute atomic E-state index is 14.0. The molecule has 8 aromatic rings. The first-order valence-electron chi connectivity index (χ1n) is 19.9. The van der Waals surface area contributed by atoms with Crippen LogP contribution >= 0.6 is 0 Å². The molecular formula is C51H40N6O5. The van der Waals surface area contributed by atoms with Gasteiger partial charge in [-0.1, -0.05) is 97.1 Å². The minimum absolute atomic E-state index is 0.159. The van der Waals surface area contributed by atoms with Gasteiger partial charge in [-0.25, -0.2) is 0 Å². The van der Waals surface area contributed by atoms with E-state index in [0.29, 0.717) is 50.9 Å². The molecule has 1 aliphatic carbocycles. The van der Waals surface area contributed by atoms with Crippen LogP contribution < -0.4 is 19.4 Å². The van der Waals surface area contributed by atoms with Crippen LogP contribution in [0.3, 0.4) is 0 Å². The standard InChI is InChI=1S/C51H40N6O5/c1-56(37-17-7-5-8-18-37)51(59)45-28-33-16-12-14-22-40(33)47(50(45)61-4)55-53-36-24-26-42-41-25-23-35(29-43(41)48(58)44(42)30-36)52-54-46-39-21-13-11-15-32(39)27-34(49(46)60-3)31-62-57(2)38-19-9-6-10-20-38/h5-30H,31H2,1-4H3. The third-order valence-electron chi connectivity index (χ3n) is 11.0. The molecule has 0 unspecified atom stereocenters. The van der Waals surface area contributed by atoms with Crippen molar-refractivity contribution < 1.29 is 23.9 Å². The molecule has 62 heavy (non-hydrogen) atoms. The van der Waals surface area contributed by atoms with E-state index < -0.39 is 0 Å². The van der Waals surface area contributed by atoms with E-state index in [1.54, 1.807) is 36.3 Å². The molecule has 0 fully saturated rings. The van der Waals surface area contributed by atoms with Gasteiger partial charge < -0.3 is 14.4 Å². The minimum Gasteiger partial charge on any atom is -0.494 e. The van der Waals surface area contributed by atoms with Gasteiger partial charge >= 0.3 is 0 Å². The van der Waals surface area contributed by atoms with Crippen LogP contribution in [0.2, 0.25) is 0 Å². The van der Waals surface area contributed by atoms with E-state index in [2.05, 4.69) is 15.3 Å². The Kier molecular flexibility index (Phi) is 10.8. The van der Waals surface area contributed by atoms with Crippen LogP contribution in [0.5, 0.6) is 11.5 Å². The largest absolute Gasteiger partial charge is 0.494 e. The van der Waals surface area contributed by atoms with Gasteiger partial charge in [0.2, 0.25) is 0 Å². The molecule has 304 valence electrons. The average molecular weight is 817 g/mol. The highest BCUT2D eigenvalue weighted by atomic mass is 16.7. The third kappa shape index (κ3) is 7.41. The van der Waals surface area contributed by atoms with Gasteiger partial charge in [0, 0.05) is 47.2 Å². The molecule has 0 saturated carbocycles. The van der Waals surface area contributed by atoms with E-state index in [1.165, 1.54) is 7.11 Å². The molecule has 11 nitrogen and oxygen atoms in total. The highest BCUT2D eigenvalue weighted by Crippen LogP contribution is 2.44. The zero-order chi connectivity index (χ0) is 42.7. The number of carbonyl (C=O) groups is 2. The number of azo groups is 2. The van der Waals surface area contributed by atoms with Crippen molar-refractivity contribution in [3.8, 4) is 22.6 Å². The maximum atomic E-state index is 14.0. The quantitative estimate of drug-likeness (QED) is 0.0895. The molecule has 8 aromatic carbocycles. The van der Waals surface area contributed by atoms with Gasteiger partial charge in [0.15, 0.2) is 17.3 Å². The summed E-state index contributed by atoms with van der Waals surface area (Å²) in [7, 11) is 6.70. The number of hydrogen-bond donors (Lipinski definition) is 0. The first-order chi connectivity index (χ1) is 30.3. The molecule has 1 aliphatic rings. The van der Waals surface area contributed by atoms with E-state index in [0.717, 1.165) is 49.6 Å². The zero-order valence-corrected chi connectivity index (χ0v) is 34.4. The van der Waals surface area contributed by atoms with Gasteiger partial charge in [-0.05, 0) is 82.6 Å². The monoisotopic (exact) mass is 816 g/mol. The lowest BCUT2D eigenvalue weighted by molar-refractivity contribution is 0.0989. The molecule has 1 amide bonds. The maximum Gasteiger partial charge on any atom is 0.261 e. The van der Waals surface area contributed by atoms with Crippen LogP contribution in [-0.4, -0.2) is 40.0 Å². The van der Waals surface area contributed by atoms with Crippen molar-refractivity contribution in [1.29, 1.82) is 0 Å². The fourth-order valence-corrected chi connectivity index (χ4v) is 7.80. The highest BCUT2D eigenvalue weighted by molar-refractivity contribution is 6.22. The van der Waals surface area contributed by atoms with Gasteiger partial charge in [-0.3, -0.25) is 19.5 Å². The molecule has 0 N–H and O–H groups in total. The van der Waals surface area contributed by atoms with E-state index in [-0.39, 0.29) is 18.3 Å². The molecule has 0 saturated heterocycles. The molecule has 0 aromatic heterocycles. The number of hydrogen-bond acceptors (Lipinski definition) is 10. The SMILES string of the molecule is COc1c(CON(C)c2ccccc2)cc2ccccc2c1N=Nc1ccc2c(c1)C(=O)c1cc(N=Nc3c(OC)c(C(=O)N(C)c4ccccc4)cc4ccccc34)ccc1-2. The number of nitrogens with zero attached hydrogens (tertiary/aromatic N) is 6. The normalized spacial score (nSPS) is 12.0. The predicted octanol–water partition coefficient (Wildman–Crippen LogP) is 12.9. The summed E-state index contributed by atoms with van der Waals surface area (Å²) in [6.45, 7) is 0.234. The average Bonchev–Trinajstić information content (AvgIpc) is 3.60. The van der Waals surface area contributed by atoms with Crippen LogP contribution in [0.15, 0.2) is 178 Å². The smallest absolute Gasteiger partial charge is 0.261 e. The summed E-state index contributed by atoms with van der Waals surface area (Å²) < 4.78 is 11.8. The molecule has 9 rings (SSSR count). The molecule has 0 aliphatic heterocycles. The number of methoxy groups -OCH3 is 2. The Morgan fingerprint density at radius 2 is 1.03 bits per heavy atom. The lowest BCUT2D eigenvalue weighted by Crippen LogP contribution is -2.26. The second-order valence-electron chi connectivity index (χ2n) is 14.7. The van der Waals surface area contributed by atoms with E-state index in [1.807, 2.05) is 153 Å². The number of rotatable bonds is 12.